The van der Waals surface area contributed by atoms with Crippen LogP contribution in [0.25, 0.3) is 17.0 Å². The van der Waals surface area contributed by atoms with Gasteiger partial charge in [-0.25, -0.2) is 14.4 Å². The molecule has 0 atom stereocenters. The Morgan fingerprint density at radius 1 is 1.14 bits per heavy atom. The van der Waals surface area contributed by atoms with E-state index in [2.05, 4.69) is 16.0 Å². The largest absolute Gasteiger partial charge is 0.310 e. The third-order valence-electron chi connectivity index (χ3n) is 4.41. The minimum Gasteiger partial charge on any atom is -0.310 e. The molecule has 2 heterocycles. The van der Waals surface area contributed by atoms with E-state index in [1.807, 2.05) is 0 Å². The zero-order valence-corrected chi connectivity index (χ0v) is 14.9. The Bertz CT molecular complexity index is 1210. The van der Waals surface area contributed by atoms with Crippen molar-refractivity contribution >= 4 is 17.4 Å². The number of amides is 1. The highest BCUT2D eigenvalue weighted by molar-refractivity contribution is 6.08. The van der Waals surface area contributed by atoms with Crippen molar-refractivity contribution in [3.63, 3.8) is 0 Å². The van der Waals surface area contributed by atoms with Gasteiger partial charge in [0.05, 0.1) is 11.6 Å². The van der Waals surface area contributed by atoms with E-state index in [9.17, 15) is 9.18 Å². The van der Waals surface area contributed by atoms with Gasteiger partial charge in [-0.1, -0.05) is 12.1 Å². The van der Waals surface area contributed by atoms with Crippen LogP contribution < -0.4 is 4.90 Å². The van der Waals surface area contributed by atoms with Crippen molar-refractivity contribution in [2.24, 2.45) is 0 Å². The van der Waals surface area contributed by atoms with Crippen molar-refractivity contribution in [3.8, 4) is 17.3 Å². The summed E-state index contributed by atoms with van der Waals surface area (Å²) in [5, 5.41) is 9.01. The molecule has 136 valence electrons. The molecule has 4 aromatic rings. The molecule has 2 aromatic carbocycles. The van der Waals surface area contributed by atoms with Crippen molar-refractivity contribution in [1.82, 2.24) is 14.4 Å². The van der Waals surface area contributed by atoms with Crippen LogP contribution in [0.3, 0.4) is 0 Å². The van der Waals surface area contributed by atoms with Crippen LogP contribution in [-0.2, 0) is 0 Å². The van der Waals surface area contributed by atoms with Gasteiger partial charge in [-0.2, -0.15) is 5.26 Å². The second-order valence-electron chi connectivity index (χ2n) is 6.13. The first-order valence-corrected chi connectivity index (χ1v) is 8.45. The molecule has 0 aliphatic carbocycles. The average molecular weight is 371 g/mol. The molecule has 0 aliphatic rings. The molecule has 4 rings (SSSR count). The maximum absolute atomic E-state index is 13.3. The van der Waals surface area contributed by atoms with Crippen LogP contribution in [0.2, 0.25) is 0 Å². The standard InChI is InChI=1S/C21H14FN5O/c1-26(17-9-7-16(22)8-10-17)20(28)19-18(15-5-3-14(13-23)4-6-15)25-21-24-11-2-12-27(19)21/h2-12H,1H3. The van der Waals surface area contributed by atoms with E-state index in [1.54, 1.807) is 54.2 Å². The highest BCUT2D eigenvalue weighted by Gasteiger charge is 2.24. The summed E-state index contributed by atoms with van der Waals surface area (Å²) in [6.07, 6.45) is 3.32. The van der Waals surface area contributed by atoms with Crippen LogP contribution >= 0.6 is 0 Å². The van der Waals surface area contributed by atoms with Crippen LogP contribution in [0, 0.1) is 17.1 Å². The van der Waals surface area contributed by atoms with Crippen molar-refractivity contribution in [2.75, 3.05) is 11.9 Å². The lowest BCUT2D eigenvalue weighted by Crippen LogP contribution is -2.28. The lowest BCUT2D eigenvalue weighted by Gasteiger charge is -2.18. The molecule has 28 heavy (non-hydrogen) atoms. The molecular weight excluding hydrogens is 357 g/mol. The molecule has 0 N–H and O–H groups in total. The van der Waals surface area contributed by atoms with Crippen LogP contribution in [0.4, 0.5) is 10.1 Å². The van der Waals surface area contributed by atoms with Crippen LogP contribution in [-0.4, -0.2) is 27.3 Å². The summed E-state index contributed by atoms with van der Waals surface area (Å²) in [6.45, 7) is 0. The number of benzene rings is 2. The van der Waals surface area contributed by atoms with Gasteiger partial charge in [-0.05, 0) is 42.5 Å². The average Bonchev–Trinajstić information content (AvgIpc) is 3.13. The zero-order valence-electron chi connectivity index (χ0n) is 14.9. The monoisotopic (exact) mass is 371 g/mol. The van der Waals surface area contributed by atoms with E-state index in [-0.39, 0.29) is 11.7 Å². The molecule has 2 aromatic heterocycles. The van der Waals surface area contributed by atoms with Gasteiger partial charge in [-0.15, -0.1) is 0 Å². The number of hydrogen-bond donors (Lipinski definition) is 0. The Balaban J connectivity index is 1.85. The maximum Gasteiger partial charge on any atom is 0.277 e. The van der Waals surface area contributed by atoms with Gasteiger partial charge in [0.25, 0.3) is 5.91 Å². The first kappa shape index (κ1) is 17.4. The fourth-order valence-corrected chi connectivity index (χ4v) is 2.94. The van der Waals surface area contributed by atoms with Gasteiger partial charge in [0.15, 0.2) is 0 Å². The molecule has 0 bridgehead atoms. The molecule has 0 saturated carbocycles. The minimum atomic E-state index is -0.373. The van der Waals surface area contributed by atoms with E-state index in [0.717, 1.165) is 0 Å². The highest BCUT2D eigenvalue weighted by atomic mass is 19.1. The van der Waals surface area contributed by atoms with Crippen LogP contribution in [0.5, 0.6) is 0 Å². The normalized spacial score (nSPS) is 10.6. The third-order valence-corrected chi connectivity index (χ3v) is 4.41. The van der Waals surface area contributed by atoms with Crippen molar-refractivity contribution in [1.29, 1.82) is 5.26 Å². The van der Waals surface area contributed by atoms with Crippen molar-refractivity contribution in [2.45, 2.75) is 0 Å². The summed E-state index contributed by atoms with van der Waals surface area (Å²) in [6, 6.07) is 16.3. The van der Waals surface area contributed by atoms with Crippen LogP contribution in [0.1, 0.15) is 16.1 Å². The number of nitrogens with zero attached hydrogens (tertiary/aromatic N) is 5. The summed E-state index contributed by atoms with van der Waals surface area (Å²) >= 11 is 0. The SMILES string of the molecule is CN(C(=O)c1c(-c2ccc(C#N)cc2)nc2ncccn12)c1ccc(F)cc1. The number of anilines is 1. The summed E-state index contributed by atoms with van der Waals surface area (Å²) in [7, 11) is 1.62. The number of aromatic nitrogens is 3. The van der Waals surface area contributed by atoms with E-state index in [4.69, 9.17) is 5.26 Å². The Morgan fingerprint density at radius 2 is 1.86 bits per heavy atom. The first-order chi connectivity index (χ1) is 13.6. The lowest BCUT2D eigenvalue weighted by molar-refractivity contribution is 0.0988. The second-order valence-corrected chi connectivity index (χ2v) is 6.13. The minimum absolute atomic E-state index is 0.313. The zero-order chi connectivity index (χ0) is 19.7. The maximum atomic E-state index is 13.3. The Hall–Kier alpha value is -4.05. The van der Waals surface area contributed by atoms with Crippen LogP contribution in [0.15, 0.2) is 67.0 Å². The number of imidazole rings is 1. The molecule has 7 heteroatoms. The summed E-state index contributed by atoms with van der Waals surface area (Å²) < 4.78 is 14.9. The second kappa shape index (κ2) is 6.93. The number of nitriles is 1. The van der Waals surface area contributed by atoms with E-state index in [1.165, 1.54) is 29.2 Å². The predicted octanol–water partition coefficient (Wildman–Crippen LogP) is 3.68. The Kier molecular flexibility index (Phi) is 4.30. The van der Waals surface area contributed by atoms with Gasteiger partial charge in [-0.3, -0.25) is 9.20 Å². The molecule has 0 unspecified atom stereocenters. The number of hydrogen-bond acceptors (Lipinski definition) is 4. The topological polar surface area (TPSA) is 74.3 Å². The van der Waals surface area contributed by atoms with Gasteiger partial charge >= 0.3 is 0 Å². The molecular formula is C21H14FN5O. The molecule has 6 nitrogen and oxygen atoms in total. The van der Waals surface area contributed by atoms with Gasteiger partial charge in [0.1, 0.15) is 17.2 Å². The summed E-state index contributed by atoms with van der Waals surface area (Å²) in [4.78, 5) is 23.5. The smallest absolute Gasteiger partial charge is 0.277 e. The molecule has 0 aliphatic heterocycles. The Labute approximate surface area is 160 Å². The van der Waals surface area contributed by atoms with Crippen molar-refractivity contribution in [3.05, 3.63) is 84.1 Å². The first-order valence-electron chi connectivity index (χ1n) is 8.45. The number of rotatable bonds is 3. The summed E-state index contributed by atoms with van der Waals surface area (Å²) in [5.41, 5.74) is 2.56. The fourth-order valence-electron chi connectivity index (χ4n) is 2.94. The van der Waals surface area contributed by atoms with Crippen molar-refractivity contribution < 1.29 is 9.18 Å². The van der Waals surface area contributed by atoms with Gasteiger partial charge in [0, 0.05) is 30.7 Å². The fraction of sp³-hybridized carbons (Fsp3) is 0.0476. The van der Waals surface area contributed by atoms with Gasteiger partial charge in [0.2, 0.25) is 5.78 Å². The van der Waals surface area contributed by atoms with Gasteiger partial charge < -0.3 is 4.90 Å². The molecule has 0 saturated heterocycles. The van der Waals surface area contributed by atoms with E-state index < -0.39 is 0 Å². The molecule has 0 spiro atoms. The lowest BCUT2D eigenvalue weighted by atomic mass is 10.1. The number of halogens is 1. The quantitative estimate of drug-likeness (QED) is 0.551. The number of carbonyl (C=O) groups is 1. The third kappa shape index (κ3) is 2.97. The van der Waals surface area contributed by atoms with E-state index >= 15 is 0 Å². The molecule has 1 amide bonds. The number of carbonyl (C=O) groups excluding carboxylic acids is 1. The summed E-state index contributed by atoms with van der Waals surface area (Å²) in [5.74, 6) is -0.300. The highest BCUT2D eigenvalue weighted by Crippen LogP contribution is 2.27. The number of fused-ring (bicyclic) bond motifs is 1. The molecule has 0 fully saturated rings. The molecule has 0 radical (unpaired) electrons. The Morgan fingerprint density at radius 3 is 2.54 bits per heavy atom. The van der Waals surface area contributed by atoms with E-state index in [0.29, 0.717) is 34.0 Å². The predicted molar refractivity (Wildman–Crippen MR) is 102 cm³/mol.